The van der Waals surface area contributed by atoms with E-state index in [1.165, 1.54) is 26.4 Å². The summed E-state index contributed by atoms with van der Waals surface area (Å²) in [4.78, 5) is 11.4. The number of ether oxygens (including phenoxy) is 1. The molecule has 1 saturated carbocycles. The Labute approximate surface area is 114 Å². The second kappa shape index (κ2) is 6.75. The van der Waals surface area contributed by atoms with Gasteiger partial charge in [0.15, 0.2) is 0 Å². The van der Waals surface area contributed by atoms with E-state index < -0.39 is 5.97 Å². The van der Waals surface area contributed by atoms with Crippen LogP contribution in [-0.2, 0) is 4.74 Å². The average Bonchev–Trinajstić information content (AvgIpc) is 2.85. The maximum atomic E-state index is 11.4. The molecule has 0 radical (unpaired) electrons. The van der Waals surface area contributed by atoms with Crippen molar-refractivity contribution < 1.29 is 13.9 Å². The van der Waals surface area contributed by atoms with Crippen LogP contribution in [0.3, 0.4) is 0 Å². The van der Waals surface area contributed by atoms with Gasteiger partial charge in [0.1, 0.15) is 5.76 Å². The molecule has 1 fully saturated rings. The number of rotatable bonds is 7. The molecule has 0 bridgehead atoms. The van der Waals surface area contributed by atoms with Gasteiger partial charge in [-0.3, -0.25) is 0 Å². The lowest BCUT2D eigenvalue weighted by molar-refractivity contribution is 0.0561. The van der Waals surface area contributed by atoms with E-state index in [4.69, 9.17) is 4.42 Å². The van der Waals surface area contributed by atoms with Gasteiger partial charge in [0.25, 0.3) is 0 Å². The maximum Gasteiger partial charge on any atom is 0.373 e. The van der Waals surface area contributed by atoms with Crippen LogP contribution in [0.2, 0.25) is 0 Å². The summed E-state index contributed by atoms with van der Waals surface area (Å²) >= 11 is 0. The number of carbonyl (C=O) groups is 1. The summed E-state index contributed by atoms with van der Waals surface area (Å²) in [6.07, 6.45) is 6.15. The fourth-order valence-corrected chi connectivity index (χ4v) is 2.43. The first-order chi connectivity index (χ1) is 9.24. The fourth-order valence-electron chi connectivity index (χ4n) is 2.43. The van der Waals surface area contributed by atoms with Gasteiger partial charge in [0.05, 0.1) is 13.2 Å². The van der Waals surface area contributed by atoms with Gasteiger partial charge >= 0.3 is 5.97 Å². The van der Waals surface area contributed by atoms with Crippen molar-refractivity contribution in [3.63, 3.8) is 0 Å². The predicted octanol–water partition coefficient (Wildman–Crippen LogP) is 3.30. The molecule has 1 heterocycles. The van der Waals surface area contributed by atoms with Crippen molar-refractivity contribution in [2.75, 3.05) is 13.7 Å². The molecule has 4 heteroatoms. The van der Waals surface area contributed by atoms with Crippen molar-refractivity contribution in [2.24, 2.45) is 5.92 Å². The zero-order chi connectivity index (χ0) is 13.7. The highest BCUT2D eigenvalue weighted by molar-refractivity contribution is 5.86. The van der Waals surface area contributed by atoms with E-state index in [1.807, 2.05) is 6.07 Å². The van der Waals surface area contributed by atoms with Crippen LogP contribution in [-0.4, -0.2) is 19.6 Å². The van der Waals surface area contributed by atoms with Crippen LogP contribution in [0.25, 0.3) is 0 Å². The highest BCUT2D eigenvalue weighted by atomic mass is 16.5. The highest BCUT2D eigenvalue weighted by Gasteiger charge is 2.25. The van der Waals surface area contributed by atoms with E-state index in [-0.39, 0.29) is 11.8 Å². The highest BCUT2D eigenvalue weighted by Crippen LogP contribution is 2.35. The molecule has 0 aliphatic heterocycles. The van der Waals surface area contributed by atoms with Crippen molar-refractivity contribution in [3.8, 4) is 0 Å². The Hall–Kier alpha value is -1.29. The summed E-state index contributed by atoms with van der Waals surface area (Å²) in [6, 6.07) is 3.80. The first kappa shape index (κ1) is 14.1. The van der Waals surface area contributed by atoms with Crippen molar-refractivity contribution >= 4 is 5.97 Å². The third-order valence-corrected chi connectivity index (χ3v) is 3.79. The Morgan fingerprint density at radius 2 is 2.32 bits per heavy atom. The van der Waals surface area contributed by atoms with Gasteiger partial charge in [0.2, 0.25) is 5.76 Å². The number of methoxy groups -OCH3 is 1. The molecule has 2 rings (SSSR count). The molecular formula is C15H23NO3. The molecule has 1 aliphatic rings. The Kier molecular flexibility index (Phi) is 5.02. The molecule has 0 saturated heterocycles. The third kappa shape index (κ3) is 3.60. The molecule has 0 aromatic carbocycles. The van der Waals surface area contributed by atoms with E-state index >= 15 is 0 Å². The lowest BCUT2D eigenvalue weighted by atomic mass is 9.80. The molecule has 1 N–H and O–H groups in total. The molecule has 19 heavy (non-hydrogen) atoms. The van der Waals surface area contributed by atoms with Crippen LogP contribution in [0.4, 0.5) is 0 Å². The van der Waals surface area contributed by atoms with Gasteiger partial charge in [-0.1, -0.05) is 26.2 Å². The van der Waals surface area contributed by atoms with Gasteiger partial charge in [-0.25, -0.2) is 4.79 Å². The van der Waals surface area contributed by atoms with Crippen molar-refractivity contribution in [1.29, 1.82) is 0 Å². The summed E-state index contributed by atoms with van der Waals surface area (Å²) in [7, 11) is 1.37. The number of carbonyl (C=O) groups excluding carboxylic acids is 1. The molecule has 4 nitrogen and oxygen atoms in total. The van der Waals surface area contributed by atoms with Crippen LogP contribution in [0.15, 0.2) is 16.5 Å². The Bertz CT molecular complexity index is 409. The summed E-state index contributed by atoms with van der Waals surface area (Å²) in [6.45, 7) is 3.11. The Morgan fingerprint density at radius 1 is 1.53 bits per heavy atom. The molecule has 1 unspecified atom stereocenters. The standard InChI is InChI=1S/C15H23NO3/c1-3-9-16-12(10-11-5-4-6-11)13-7-8-14(19-13)15(17)18-2/h7-8,11-12,16H,3-6,9-10H2,1-2H3. The number of hydrogen-bond acceptors (Lipinski definition) is 4. The van der Waals surface area contributed by atoms with E-state index in [0.717, 1.165) is 31.1 Å². The zero-order valence-corrected chi connectivity index (χ0v) is 11.8. The van der Waals surface area contributed by atoms with Gasteiger partial charge in [0, 0.05) is 0 Å². The molecule has 1 atom stereocenters. The largest absolute Gasteiger partial charge is 0.463 e. The minimum absolute atomic E-state index is 0.212. The summed E-state index contributed by atoms with van der Waals surface area (Å²) < 4.78 is 10.3. The van der Waals surface area contributed by atoms with E-state index in [2.05, 4.69) is 17.0 Å². The molecular weight excluding hydrogens is 242 g/mol. The number of furan rings is 1. The minimum atomic E-state index is -0.413. The van der Waals surface area contributed by atoms with E-state index in [0.29, 0.717) is 0 Å². The normalized spacial score (nSPS) is 16.9. The molecule has 106 valence electrons. The van der Waals surface area contributed by atoms with E-state index in [9.17, 15) is 4.79 Å². The predicted molar refractivity (Wildman–Crippen MR) is 73.0 cm³/mol. The first-order valence-electron chi connectivity index (χ1n) is 7.16. The Balaban J connectivity index is 2.02. The second-order valence-electron chi connectivity index (χ2n) is 5.23. The third-order valence-electron chi connectivity index (χ3n) is 3.79. The maximum absolute atomic E-state index is 11.4. The number of hydrogen-bond donors (Lipinski definition) is 1. The smallest absolute Gasteiger partial charge is 0.373 e. The van der Waals surface area contributed by atoms with Crippen molar-refractivity contribution in [1.82, 2.24) is 5.32 Å². The summed E-state index contributed by atoms with van der Waals surface area (Å²) in [5, 5.41) is 3.51. The molecule has 1 aromatic heterocycles. The monoisotopic (exact) mass is 265 g/mol. The van der Waals surface area contributed by atoms with Gasteiger partial charge < -0.3 is 14.5 Å². The SMILES string of the molecule is CCCNC(CC1CCC1)c1ccc(C(=O)OC)o1. The van der Waals surface area contributed by atoms with Gasteiger partial charge in [-0.15, -0.1) is 0 Å². The van der Waals surface area contributed by atoms with Crippen LogP contribution in [0.1, 0.15) is 61.4 Å². The van der Waals surface area contributed by atoms with Crippen LogP contribution in [0.5, 0.6) is 0 Å². The quantitative estimate of drug-likeness (QED) is 0.769. The number of esters is 1. The lowest BCUT2D eigenvalue weighted by Gasteiger charge is -2.29. The molecule has 1 aliphatic carbocycles. The lowest BCUT2D eigenvalue weighted by Crippen LogP contribution is -2.26. The topological polar surface area (TPSA) is 51.5 Å². The van der Waals surface area contributed by atoms with Crippen LogP contribution < -0.4 is 5.32 Å². The summed E-state index contributed by atoms with van der Waals surface area (Å²) in [5.41, 5.74) is 0. The van der Waals surface area contributed by atoms with Gasteiger partial charge in [-0.2, -0.15) is 0 Å². The Morgan fingerprint density at radius 3 is 2.89 bits per heavy atom. The van der Waals surface area contributed by atoms with Gasteiger partial charge in [-0.05, 0) is 37.4 Å². The fraction of sp³-hybridized carbons (Fsp3) is 0.667. The average molecular weight is 265 g/mol. The van der Waals surface area contributed by atoms with Crippen molar-refractivity contribution in [2.45, 2.75) is 45.1 Å². The second-order valence-corrected chi connectivity index (χ2v) is 5.23. The summed E-state index contributed by atoms with van der Waals surface area (Å²) in [5.74, 6) is 1.51. The molecule has 0 spiro atoms. The van der Waals surface area contributed by atoms with Crippen LogP contribution >= 0.6 is 0 Å². The first-order valence-corrected chi connectivity index (χ1v) is 7.16. The number of nitrogens with one attached hydrogen (secondary N) is 1. The van der Waals surface area contributed by atoms with E-state index in [1.54, 1.807) is 6.07 Å². The molecule has 0 amide bonds. The van der Waals surface area contributed by atoms with Crippen LogP contribution in [0, 0.1) is 5.92 Å². The minimum Gasteiger partial charge on any atom is -0.463 e. The molecule has 1 aromatic rings. The van der Waals surface area contributed by atoms with Crippen molar-refractivity contribution in [3.05, 3.63) is 23.7 Å². The zero-order valence-electron chi connectivity index (χ0n) is 11.8.